The van der Waals surface area contributed by atoms with Gasteiger partial charge in [0.1, 0.15) is 0 Å². The number of ether oxygens (including phenoxy) is 2. The number of methoxy groups -OCH3 is 1. The third kappa shape index (κ3) is 5.85. The predicted molar refractivity (Wildman–Crippen MR) is 97.6 cm³/mol. The highest BCUT2D eigenvalue weighted by Crippen LogP contribution is 2.43. The molecule has 0 fully saturated rings. The lowest BCUT2D eigenvalue weighted by Crippen LogP contribution is -2.56. The van der Waals surface area contributed by atoms with Gasteiger partial charge in [-0.3, -0.25) is 0 Å². The topological polar surface area (TPSA) is 18.5 Å². The van der Waals surface area contributed by atoms with Gasteiger partial charge in [0.2, 0.25) is 0 Å². The van der Waals surface area contributed by atoms with Gasteiger partial charge in [-0.15, -0.1) is 0 Å². The zero-order valence-electron chi connectivity index (χ0n) is 16.3. The van der Waals surface area contributed by atoms with E-state index in [0.717, 1.165) is 38.7 Å². The van der Waals surface area contributed by atoms with Crippen LogP contribution in [0.15, 0.2) is 0 Å². The summed E-state index contributed by atoms with van der Waals surface area (Å²) < 4.78 is 12.5. The van der Waals surface area contributed by atoms with Gasteiger partial charge in [-0.2, -0.15) is 0 Å². The molecular formula is C20H42O2. The average molecular weight is 315 g/mol. The van der Waals surface area contributed by atoms with Crippen molar-refractivity contribution in [1.29, 1.82) is 0 Å². The number of rotatable bonds is 15. The largest absolute Gasteiger partial charge is 0.375 e. The molecule has 0 spiro atoms. The minimum Gasteiger partial charge on any atom is -0.375 e. The van der Waals surface area contributed by atoms with E-state index in [4.69, 9.17) is 9.47 Å². The van der Waals surface area contributed by atoms with Crippen molar-refractivity contribution in [3.63, 3.8) is 0 Å². The van der Waals surface area contributed by atoms with Crippen molar-refractivity contribution in [3.8, 4) is 0 Å². The Labute approximate surface area is 140 Å². The molecule has 22 heavy (non-hydrogen) atoms. The summed E-state index contributed by atoms with van der Waals surface area (Å²) in [4.78, 5) is 0. The molecule has 0 aliphatic carbocycles. The minimum absolute atomic E-state index is 0.119. The minimum atomic E-state index is -0.129. The summed E-state index contributed by atoms with van der Waals surface area (Å²) in [7, 11) is 1.89. The van der Waals surface area contributed by atoms with Crippen molar-refractivity contribution in [3.05, 3.63) is 0 Å². The van der Waals surface area contributed by atoms with Crippen LogP contribution in [0.2, 0.25) is 0 Å². The van der Waals surface area contributed by atoms with Crippen LogP contribution in [0.25, 0.3) is 0 Å². The monoisotopic (exact) mass is 314 g/mol. The molecule has 0 aromatic carbocycles. The van der Waals surface area contributed by atoms with E-state index in [0.29, 0.717) is 0 Å². The van der Waals surface area contributed by atoms with Crippen molar-refractivity contribution in [2.75, 3.05) is 13.7 Å². The van der Waals surface area contributed by atoms with Crippen molar-refractivity contribution in [2.24, 2.45) is 0 Å². The van der Waals surface area contributed by atoms with E-state index in [2.05, 4.69) is 34.6 Å². The Bertz CT molecular complexity index is 248. The van der Waals surface area contributed by atoms with Crippen LogP contribution in [-0.2, 0) is 9.47 Å². The molecule has 0 bridgehead atoms. The second-order valence-corrected chi connectivity index (χ2v) is 6.60. The van der Waals surface area contributed by atoms with Crippen molar-refractivity contribution in [2.45, 2.75) is 116 Å². The van der Waals surface area contributed by atoms with E-state index >= 15 is 0 Å². The molecule has 0 radical (unpaired) electrons. The van der Waals surface area contributed by atoms with Crippen molar-refractivity contribution >= 4 is 0 Å². The van der Waals surface area contributed by atoms with Crippen LogP contribution in [0.3, 0.4) is 0 Å². The third-order valence-electron chi connectivity index (χ3n) is 5.37. The fourth-order valence-corrected chi connectivity index (χ4v) is 4.07. The summed E-state index contributed by atoms with van der Waals surface area (Å²) in [5.41, 5.74) is -0.248. The van der Waals surface area contributed by atoms with E-state index in [9.17, 15) is 0 Å². The SMILES string of the molecule is CCCCCCCCC(CCC)(OC)C(CC)(CC)OCC. The number of unbranched alkanes of at least 4 members (excludes halogenated alkanes) is 5. The molecule has 0 amide bonds. The fourth-order valence-electron chi connectivity index (χ4n) is 4.07. The highest BCUT2D eigenvalue weighted by atomic mass is 16.6. The highest BCUT2D eigenvalue weighted by Gasteiger charge is 2.49. The third-order valence-corrected chi connectivity index (χ3v) is 5.37. The normalized spacial score (nSPS) is 15.0. The molecule has 0 saturated carbocycles. The lowest BCUT2D eigenvalue weighted by atomic mass is 9.72. The quantitative estimate of drug-likeness (QED) is 0.320. The Hall–Kier alpha value is -0.0800. The van der Waals surface area contributed by atoms with Gasteiger partial charge in [0.05, 0.1) is 11.2 Å². The summed E-state index contributed by atoms with van der Waals surface area (Å²) in [6.07, 6.45) is 13.4. The standard InChI is InChI=1S/C20H42O2/c1-7-12-13-14-15-16-18-20(21-6,17-8-2)19(9-3,10-4)22-11-5/h7-18H2,1-6H3. The molecular weight excluding hydrogens is 272 g/mol. The Balaban J connectivity index is 4.87. The molecule has 1 unspecified atom stereocenters. The number of hydrogen-bond acceptors (Lipinski definition) is 2. The summed E-state index contributed by atoms with van der Waals surface area (Å²) in [5, 5.41) is 0. The summed E-state index contributed by atoms with van der Waals surface area (Å²) in [5.74, 6) is 0. The predicted octanol–water partition coefficient (Wildman–Crippen LogP) is 6.52. The Morgan fingerprint density at radius 3 is 1.68 bits per heavy atom. The van der Waals surface area contributed by atoms with Gasteiger partial charge in [0.15, 0.2) is 0 Å². The molecule has 2 nitrogen and oxygen atoms in total. The van der Waals surface area contributed by atoms with E-state index in [1.54, 1.807) is 0 Å². The van der Waals surface area contributed by atoms with E-state index in [1.165, 1.54) is 38.5 Å². The van der Waals surface area contributed by atoms with Gasteiger partial charge in [-0.05, 0) is 32.6 Å². The van der Waals surface area contributed by atoms with Crippen LogP contribution in [0.5, 0.6) is 0 Å². The van der Waals surface area contributed by atoms with Gasteiger partial charge in [0, 0.05) is 13.7 Å². The molecule has 0 saturated heterocycles. The molecule has 134 valence electrons. The lowest BCUT2D eigenvalue weighted by molar-refractivity contribution is -0.207. The summed E-state index contributed by atoms with van der Waals surface area (Å²) in [6.45, 7) is 11.9. The average Bonchev–Trinajstić information content (AvgIpc) is 2.55. The summed E-state index contributed by atoms with van der Waals surface area (Å²) in [6, 6.07) is 0. The van der Waals surface area contributed by atoms with E-state index < -0.39 is 0 Å². The van der Waals surface area contributed by atoms with Crippen LogP contribution in [0, 0.1) is 0 Å². The molecule has 1 atom stereocenters. The molecule has 0 aliphatic heterocycles. The van der Waals surface area contributed by atoms with Gasteiger partial charge in [-0.1, -0.05) is 72.6 Å². The Morgan fingerprint density at radius 1 is 0.636 bits per heavy atom. The fraction of sp³-hybridized carbons (Fsp3) is 1.00. The second kappa shape index (κ2) is 12.4. The summed E-state index contributed by atoms with van der Waals surface area (Å²) >= 11 is 0. The maximum Gasteiger partial charge on any atom is 0.0966 e. The van der Waals surface area contributed by atoms with E-state index in [-0.39, 0.29) is 11.2 Å². The molecule has 0 aromatic rings. The Morgan fingerprint density at radius 2 is 1.23 bits per heavy atom. The van der Waals surface area contributed by atoms with Gasteiger partial charge < -0.3 is 9.47 Å². The first kappa shape index (κ1) is 21.9. The number of hydrogen-bond donors (Lipinski definition) is 0. The smallest absolute Gasteiger partial charge is 0.0966 e. The molecule has 0 aliphatic rings. The van der Waals surface area contributed by atoms with Gasteiger partial charge >= 0.3 is 0 Å². The van der Waals surface area contributed by atoms with Crippen LogP contribution in [0.1, 0.15) is 105 Å². The zero-order valence-corrected chi connectivity index (χ0v) is 16.3. The van der Waals surface area contributed by atoms with Crippen LogP contribution in [0.4, 0.5) is 0 Å². The van der Waals surface area contributed by atoms with Crippen molar-refractivity contribution in [1.82, 2.24) is 0 Å². The first-order valence-electron chi connectivity index (χ1n) is 9.80. The second-order valence-electron chi connectivity index (χ2n) is 6.60. The van der Waals surface area contributed by atoms with Crippen LogP contribution >= 0.6 is 0 Å². The first-order valence-corrected chi connectivity index (χ1v) is 9.80. The first-order chi connectivity index (χ1) is 10.6. The molecule has 0 rings (SSSR count). The molecule has 0 aromatic heterocycles. The maximum absolute atomic E-state index is 6.31. The van der Waals surface area contributed by atoms with Gasteiger partial charge in [-0.25, -0.2) is 0 Å². The zero-order chi connectivity index (χ0) is 16.9. The maximum atomic E-state index is 6.31. The molecule has 0 N–H and O–H groups in total. The van der Waals surface area contributed by atoms with Crippen LogP contribution < -0.4 is 0 Å². The molecule has 0 heterocycles. The molecule has 2 heteroatoms. The van der Waals surface area contributed by atoms with Crippen LogP contribution in [-0.4, -0.2) is 24.9 Å². The Kier molecular flexibility index (Phi) is 12.3. The van der Waals surface area contributed by atoms with E-state index in [1.807, 2.05) is 7.11 Å². The van der Waals surface area contributed by atoms with Gasteiger partial charge in [0.25, 0.3) is 0 Å². The van der Waals surface area contributed by atoms with Crippen molar-refractivity contribution < 1.29 is 9.47 Å². The highest BCUT2D eigenvalue weighted by molar-refractivity contribution is 5.01. The lowest BCUT2D eigenvalue weighted by Gasteiger charge is -2.49.